The van der Waals surface area contributed by atoms with Crippen LogP contribution in [0.1, 0.15) is 13.8 Å². The molecule has 2 aromatic heterocycles. The Labute approximate surface area is 139 Å². The summed E-state index contributed by atoms with van der Waals surface area (Å²) in [4.78, 5) is 19.7. The Balaban J connectivity index is 2.19. The summed E-state index contributed by atoms with van der Waals surface area (Å²) in [5.74, 6) is 0.911. The van der Waals surface area contributed by atoms with Crippen molar-refractivity contribution in [3.8, 4) is 11.3 Å². The topological polar surface area (TPSA) is 80.8 Å². The average molecular weight is 329 g/mol. The highest BCUT2D eigenvalue weighted by Gasteiger charge is 2.15. The summed E-state index contributed by atoms with van der Waals surface area (Å²) in [6.45, 7) is 5.72. The molecule has 0 saturated carbocycles. The van der Waals surface area contributed by atoms with E-state index in [4.69, 9.17) is 22.3 Å². The standard InChI is InChI=1S/C16H17ClN6/c1-3-23(4-2)15-13-14(21-16(18)22-15)19-9-12(20-13)10-5-7-11(17)8-6-10/h5-9H,3-4H2,1-2H3,(H2,18,19,21,22). The van der Waals surface area contributed by atoms with Crippen LogP contribution >= 0.6 is 11.6 Å². The maximum atomic E-state index is 5.94. The smallest absolute Gasteiger partial charge is 0.224 e. The van der Waals surface area contributed by atoms with Gasteiger partial charge in [-0.3, -0.25) is 0 Å². The number of hydrogen-bond acceptors (Lipinski definition) is 6. The first kappa shape index (κ1) is 15.4. The van der Waals surface area contributed by atoms with Crippen molar-refractivity contribution in [2.75, 3.05) is 23.7 Å². The van der Waals surface area contributed by atoms with Gasteiger partial charge in [-0.15, -0.1) is 0 Å². The zero-order valence-electron chi connectivity index (χ0n) is 13.0. The van der Waals surface area contributed by atoms with Gasteiger partial charge in [0.1, 0.15) is 0 Å². The second-order valence-electron chi connectivity index (χ2n) is 5.01. The number of nitrogens with zero attached hydrogens (tertiary/aromatic N) is 5. The van der Waals surface area contributed by atoms with Crippen molar-refractivity contribution in [1.29, 1.82) is 0 Å². The van der Waals surface area contributed by atoms with Gasteiger partial charge in [-0.2, -0.15) is 9.97 Å². The van der Waals surface area contributed by atoms with Gasteiger partial charge in [0.2, 0.25) is 5.95 Å². The van der Waals surface area contributed by atoms with E-state index >= 15 is 0 Å². The third kappa shape index (κ3) is 3.03. The molecule has 0 spiro atoms. The van der Waals surface area contributed by atoms with Crippen LogP contribution in [0, 0.1) is 0 Å². The summed E-state index contributed by atoms with van der Waals surface area (Å²) in [5.41, 5.74) is 8.63. The Morgan fingerprint density at radius 2 is 1.74 bits per heavy atom. The molecular formula is C16H17ClN6. The summed E-state index contributed by atoms with van der Waals surface area (Å²) < 4.78 is 0. The molecular weight excluding hydrogens is 312 g/mol. The minimum absolute atomic E-state index is 0.202. The monoisotopic (exact) mass is 328 g/mol. The highest BCUT2D eigenvalue weighted by atomic mass is 35.5. The molecule has 2 N–H and O–H groups in total. The van der Waals surface area contributed by atoms with Crippen molar-refractivity contribution in [2.45, 2.75) is 13.8 Å². The first-order valence-corrected chi connectivity index (χ1v) is 7.81. The van der Waals surface area contributed by atoms with Crippen LogP contribution in [-0.2, 0) is 0 Å². The number of nitrogen functional groups attached to an aromatic ring is 1. The highest BCUT2D eigenvalue weighted by molar-refractivity contribution is 6.30. The molecule has 7 heteroatoms. The van der Waals surface area contributed by atoms with Crippen LogP contribution in [0.15, 0.2) is 30.5 Å². The van der Waals surface area contributed by atoms with E-state index in [9.17, 15) is 0 Å². The molecule has 118 valence electrons. The second-order valence-corrected chi connectivity index (χ2v) is 5.45. The molecule has 0 aliphatic carbocycles. The predicted molar refractivity (Wildman–Crippen MR) is 93.5 cm³/mol. The quantitative estimate of drug-likeness (QED) is 0.792. The lowest BCUT2D eigenvalue weighted by atomic mass is 10.1. The van der Waals surface area contributed by atoms with Gasteiger partial charge in [-0.05, 0) is 26.0 Å². The first-order chi connectivity index (χ1) is 11.1. The number of halogens is 1. The number of aromatic nitrogens is 4. The molecule has 0 amide bonds. The van der Waals surface area contributed by atoms with Crippen LogP contribution in [0.3, 0.4) is 0 Å². The molecule has 0 fully saturated rings. The lowest BCUT2D eigenvalue weighted by Crippen LogP contribution is -2.24. The largest absolute Gasteiger partial charge is 0.368 e. The molecule has 0 radical (unpaired) electrons. The van der Waals surface area contributed by atoms with Crippen LogP contribution < -0.4 is 10.6 Å². The number of nitrogens with two attached hydrogens (primary N) is 1. The van der Waals surface area contributed by atoms with Crippen LogP contribution in [0.2, 0.25) is 5.02 Å². The summed E-state index contributed by atoms with van der Waals surface area (Å²) in [7, 11) is 0. The van der Waals surface area contributed by atoms with Gasteiger partial charge in [-0.1, -0.05) is 23.7 Å². The molecule has 23 heavy (non-hydrogen) atoms. The van der Waals surface area contributed by atoms with Gasteiger partial charge in [0, 0.05) is 23.7 Å². The number of fused-ring (bicyclic) bond motifs is 1. The zero-order valence-corrected chi connectivity index (χ0v) is 13.7. The van der Waals surface area contributed by atoms with Gasteiger partial charge in [-0.25, -0.2) is 9.97 Å². The summed E-state index contributed by atoms with van der Waals surface area (Å²) in [5, 5.41) is 0.683. The fourth-order valence-electron chi connectivity index (χ4n) is 2.41. The van der Waals surface area contributed by atoms with E-state index in [1.54, 1.807) is 6.20 Å². The lowest BCUT2D eigenvalue weighted by molar-refractivity contribution is 0.847. The van der Waals surface area contributed by atoms with Gasteiger partial charge in [0.15, 0.2) is 17.0 Å². The van der Waals surface area contributed by atoms with Gasteiger partial charge in [0.05, 0.1) is 11.9 Å². The molecule has 6 nitrogen and oxygen atoms in total. The maximum absolute atomic E-state index is 5.94. The van der Waals surface area contributed by atoms with Gasteiger partial charge >= 0.3 is 0 Å². The minimum atomic E-state index is 0.202. The van der Waals surface area contributed by atoms with E-state index in [1.807, 2.05) is 24.3 Å². The van der Waals surface area contributed by atoms with Crippen molar-refractivity contribution in [3.05, 3.63) is 35.5 Å². The molecule has 0 atom stereocenters. The molecule has 3 rings (SSSR count). The lowest BCUT2D eigenvalue weighted by Gasteiger charge is -2.20. The number of anilines is 2. The Morgan fingerprint density at radius 1 is 1.04 bits per heavy atom. The second kappa shape index (κ2) is 6.34. The maximum Gasteiger partial charge on any atom is 0.224 e. The number of hydrogen-bond donors (Lipinski definition) is 1. The van der Waals surface area contributed by atoms with E-state index in [-0.39, 0.29) is 5.95 Å². The fraction of sp³-hybridized carbons (Fsp3) is 0.250. The third-order valence-corrected chi connectivity index (χ3v) is 3.86. The van der Waals surface area contributed by atoms with Crippen LogP contribution in [0.25, 0.3) is 22.4 Å². The third-order valence-electron chi connectivity index (χ3n) is 3.61. The normalized spacial score (nSPS) is 10.9. The van der Waals surface area contributed by atoms with E-state index in [2.05, 4.69) is 33.7 Å². The summed E-state index contributed by atoms with van der Waals surface area (Å²) in [6.07, 6.45) is 1.68. The first-order valence-electron chi connectivity index (χ1n) is 7.43. The molecule has 0 bridgehead atoms. The van der Waals surface area contributed by atoms with Crippen molar-refractivity contribution in [2.24, 2.45) is 0 Å². The van der Waals surface area contributed by atoms with E-state index in [0.717, 1.165) is 24.3 Å². The van der Waals surface area contributed by atoms with Crippen LogP contribution in [0.4, 0.5) is 11.8 Å². The van der Waals surface area contributed by atoms with E-state index in [0.29, 0.717) is 22.0 Å². The number of benzene rings is 1. The summed E-state index contributed by atoms with van der Waals surface area (Å²) in [6, 6.07) is 7.47. The SMILES string of the molecule is CCN(CC)c1nc(N)nc2ncc(-c3ccc(Cl)cc3)nc12. The zero-order chi connectivity index (χ0) is 16.4. The van der Waals surface area contributed by atoms with Crippen molar-refractivity contribution >= 4 is 34.5 Å². The Kier molecular flexibility index (Phi) is 4.25. The van der Waals surface area contributed by atoms with Crippen molar-refractivity contribution in [3.63, 3.8) is 0 Å². The average Bonchev–Trinajstić information content (AvgIpc) is 2.56. The Hall–Kier alpha value is -2.47. The molecule has 0 aliphatic rings. The molecule has 3 aromatic rings. The number of rotatable bonds is 4. The highest BCUT2D eigenvalue weighted by Crippen LogP contribution is 2.25. The van der Waals surface area contributed by atoms with Crippen LogP contribution in [-0.4, -0.2) is 33.0 Å². The van der Waals surface area contributed by atoms with E-state index in [1.165, 1.54) is 0 Å². The molecule has 1 aromatic carbocycles. The molecule has 2 heterocycles. The van der Waals surface area contributed by atoms with E-state index < -0.39 is 0 Å². The molecule has 0 aliphatic heterocycles. The Bertz CT molecular complexity index is 830. The minimum Gasteiger partial charge on any atom is -0.368 e. The Morgan fingerprint density at radius 3 is 2.39 bits per heavy atom. The molecule has 0 saturated heterocycles. The summed E-state index contributed by atoms with van der Waals surface area (Å²) >= 11 is 5.94. The van der Waals surface area contributed by atoms with Crippen molar-refractivity contribution < 1.29 is 0 Å². The molecule has 0 unspecified atom stereocenters. The fourth-order valence-corrected chi connectivity index (χ4v) is 2.54. The van der Waals surface area contributed by atoms with Gasteiger partial charge < -0.3 is 10.6 Å². The van der Waals surface area contributed by atoms with Gasteiger partial charge in [0.25, 0.3) is 0 Å². The van der Waals surface area contributed by atoms with Crippen LogP contribution in [0.5, 0.6) is 0 Å². The van der Waals surface area contributed by atoms with Crippen molar-refractivity contribution in [1.82, 2.24) is 19.9 Å². The predicted octanol–water partition coefficient (Wildman–Crippen LogP) is 3.17.